The highest BCUT2D eigenvalue weighted by molar-refractivity contribution is 7.50. The Morgan fingerprint density at radius 2 is 2.27 bits per heavy atom. The number of carboxylic acids is 1. The van der Waals surface area contributed by atoms with Crippen molar-refractivity contribution in [1.29, 1.82) is 0 Å². The average molecular weight is 464 g/mol. The Kier molecular flexibility index (Phi) is 6.75. The van der Waals surface area contributed by atoms with E-state index in [9.17, 15) is 28.8 Å². The number of aliphatic hydroxyl groups is 1. The molecule has 1 aliphatic rings. The Bertz CT molecular complexity index is 1000. The van der Waals surface area contributed by atoms with Crippen LogP contribution in [0.15, 0.2) is 12.7 Å². The second-order valence-electron chi connectivity index (χ2n) is 6.37. The van der Waals surface area contributed by atoms with Gasteiger partial charge in [-0.05, 0) is 0 Å². The fourth-order valence-electron chi connectivity index (χ4n) is 2.85. The molecular weight excluding hydrogens is 446 g/mol. The number of hydrogen-bond donors (Lipinski definition) is 5. The highest BCUT2D eigenvalue weighted by Gasteiger charge is 2.39. The Balaban J connectivity index is 1.63. The molecule has 164 valence electrons. The lowest BCUT2D eigenvalue weighted by Gasteiger charge is -2.20. The number of imidazole rings is 1. The number of fused-ring (bicyclic) bond motifs is 1. The maximum Gasteiger partial charge on any atom is 0.403 e. The maximum atomic E-state index is 12.1. The van der Waals surface area contributed by atoms with E-state index in [1.165, 1.54) is 17.2 Å². The molecule has 0 spiro atoms. The van der Waals surface area contributed by atoms with Gasteiger partial charge in [-0.2, -0.15) is 0 Å². The second-order valence-corrected chi connectivity index (χ2v) is 8.95. The fraction of sp³-hybridized carbons (Fsp3) is 0.538. The second kappa shape index (κ2) is 8.96. The first-order chi connectivity index (χ1) is 14.1. The van der Waals surface area contributed by atoms with Crippen molar-refractivity contribution in [3.05, 3.63) is 12.7 Å². The molecule has 2 unspecified atom stereocenters. The van der Waals surface area contributed by atoms with E-state index < -0.39 is 59.0 Å². The van der Waals surface area contributed by atoms with Crippen molar-refractivity contribution < 1.29 is 43.2 Å². The van der Waals surface area contributed by atoms with Crippen molar-refractivity contribution in [1.82, 2.24) is 24.6 Å². The van der Waals surface area contributed by atoms with E-state index in [1.807, 2.05) is 0 Å². The highest BCUT2D eigenvalue weighted by atomic mass is 31.2. The van der Waals surface area contributed by atoms with E-state index >= 15 is 0 Å². The molecule has 6 N–H and O–H groups in total. The summed E-state index contributed by atoms with van der Waals surface area (Å²) in [5, 5.41) is 20.9. The van der Waals surface area contributed by atoms with Gasteiger partial charge in [0.15, 0.2) is 23.7 Å². The van der Waals surface area contributed by atoms with Gasteiger partial charge in [0.25, 0.3) is 0 Å². The van der Waals surface area contributed by atoms with Crippen molar-refractivity contribution in [2.24, 2.45) is 0 Å². The number of carboxylic acid groups (broad SMARTS) is 1. The summed E-state index contributed by atoms with van der Waals surface area (Å²) in [6.45, 7) is -0.571. The minimum Gasteiger partial charge on any atom is -0.595 e. The molecule has 2 aromatic rings. The van der Waals surface area contributed by atoms with Crippen molar-refractivity contribution >= 4 is 38.7 Å². The van der Waals surface area contributed by atoms with Gasteiger partial charge in [0.05, 0.1) is 19.0 Å². The van der Waals surface area contributed by atoms with Gasteiger partial charge in [-0.15, -0.1) is 0 Å². The van der Waals surface area contributed by atoms with E-state index in [-0.39, 0.29) is 12.2 Å². The summed E-state index contributed by atoms with van der Waals surface area (Å²) in [5.41, 5.74) is 6.44. The van der Waals surface area contributed by atoms with Crippen LogP contribution in [0.5, 0.6) is 0 Å². The van der Waals surface area contributed by atoms with E-state index in [0.29, 0.717) is 11.2 Å². The van der Waals surface area contributed by atoms with Gasteiger partial charge in [-0.3, -0.25) is 13.9 Å². The van der Waals surface area contributed by atoms with Crippen LogP contribution in [0, 0.1) is 0 Å². The number of nitrogens with zero attached hydrogens (tertiary/aromatic N) is 4. The molecule has 1 aliphatic heterocycles. The van der Waals surface area contributed by atoms with Crippen molar-refractivity contribution in [2.75, 3.05) is 18.5 Å². The minimum atomic E-state index is -4.71. The van der Waals surface area contributed by atoms with Gasteiger partial charge in [0.2, 0.25) is 0 Å². The summed E-state index contributed by atoms with van der Waals surface area (Å²) in [6.07, 6.45) is -1.02. The lowest BCUT2D eigenvalue weighted by molar-refractivity contribution is -0.165. The number of nitrogens with two attached hydrogens (primary N) is 1. The number of anilines is 1. The minimum absolute atomic E-state index is 0.0843. The third-order valence-corrected chi connectivity index (χ3v) is 6.06. The predicted octanol–water partition coefficient (Wildman–Crippen LogP) is -1.68. The molecule has 6 atom stereocenters. The predicted molar refractivity (Wildman–Crippen MR) is 97.1 cm³/mol. The number of aliphatic carboxylic acids is 1. The number of ether oxygens (including phenoxy) is 1. The Morgan fingerprint density at radius 1 is 1.53 bits per heavy atom. The standard InChI is InChI=1S/C13H18N6O9P2/c14-11-10-12(16-4-15-11)19(5-17-10)9-1-7(20)8(28-9)2-27-30(25,26)18-6(13(21)22)3-29(23)24/h4-9,20H,1-3H2,(H,21,22)(H2,14,15,16)(H2,18,25,26)/t6-,7+,8-,9-/m1/s1. The number of carbonyl (C=O) groups is 1. The van der Waals surface area contributed by atoms with Crippen LogP contribution in [0.1, 0.15) is 12.6 Å². The van der Waals surface area contributed by atoms with Crippen LogP contribution in [-0.2, 0) is 23.2 Å². The number of nitrogen functional groups attached to an aromatic ring is 1. The van der Waals surface area contributed by atoms with Crippen LogP contribution in [0.25, 0.3) is 11.2 Å². The van der Waals surface area contributed by atoms with Crippen LogP contribution in [0.3, 0.4) is 0 Å². The zero-order chi connectivity index (χ0) is 22.1. The topological polar surface area (TPSA) is 235 Å². The molecule has 0 aromatic carbocycles. The molecule has 30 heavy (non-hydrogen) atoms. The highest BCUT2D eigenvalue weighted by Crippen LogP contribution is 2.40. The third-order valence-electron chi connectivity index (χ3n) is 4.26. The van der Waals surface area contributed by atoms with Crippen molar-refractivity contribution in [3.8, 4) is 0 Å². The largest absolute Gasteiger partial charge is 0.595 e. The van der Waals surface area contributed by atoms with Crippen molar-refractivity contribution in [3.63, 3.8) is 0 Å². The molecule has 3 heterocycles. The quantitative estimate of drug-likeness (QED) is 0.261. The summed E-state index contributed by atoms with van der Waals surface area (Å²) in [7, 11) is -7.83. The number of aromatic nitrogens is 4. The monoisotopic (exact) mass is 464 g/mol. The Hall–Kier alpha value is -2.09. The molecule has 0 bridgehead atoms. The Labute approximate surface area is 169 Å². The molecule has 1 fully saturated rings. The summed E-state index contributed by atoms with van der Waals surface area (Å²) >= 11 is 0. The zero-order valence-electron chi connectivity index (χ0n) is 15.1. The summed E-state index contributed by atoms with van der Waals surface area (Å²) in [6, 6.07) is -1.84. The summed E-state index contributed by atoms with van der Waals surface area (Å²) in [4.78, 5) is 43.5. The summed E-state index contributed by atoms with van der Waals surface area (Å²) < 4.78 is 34.8. The molecule has 15 nitrogen and oxygen atoms in total. The van der Waals surface area contributed by atoms with Gasteiger partial charge >= 0.3 is 21.7 Å². The van der Waals surface area contributed by atoms with E-state index in [1.54, 1.807) is 5.09 Å². The van der Waals surface area contributed by atoms with Gasteiger partial charge in [0.1, 0.15) is 24.2 Å². The maximum absolute atomic E-state index is 12.1. The van der Waals surface area contributed by atoms with Crippen LogP contribution < -0.4 is 15.7 Å². The van der Waals surface area contributed by atoms with Gasteiger partial charge < -0.3 is 30.5 Å². The molecule has 3 rings (SSSR count). The van der Waals surface area contributed by atoms with Gasteiger partial charge in [0, 0.05) is 6.42 Å². The number of hydrogen-bond acceptors (Lipinski definition) is 11. The van der Waals surface area contributed by atoms with Crippen LogP contribution >= 0.6 is 15.8 Å². The SMILES string of the molecule is Nc1ncnc2c1ncn2[C@H]1C[C@H](O)[C@@H](COP(=O)(O)N[C@H](C[P+](=O)[O-])C(=O)O)O1. The van der Waals surface area contributed by atoms with E-state index in [2.05, 4.69) is 15.0 Å². The number of rotatable bonds is 9. The van der Waals surface area contributed by atoms with Crippen LogP contribution in [0.4, 0.5) is 5.82 Å². The summed E-state index contributed by atoms with van der Waals surface area (Å²) in [5.74, 6) is -1.48. The molecule has 1 saturated heterocycles. The van der Waals surface area contributed by atoms with Gasteiger partial charge in [-0.25, -0.2) is 24.6 Å². The Morgan fingerprint density at radius 3 is 2.93 bits per heavy atom. The lowest BCUT2D eigenvalue weighted by atomic mass is 10.2. The van der Waals surface area contributed by atoms with Gasteiger partial charge in [-0.1, -0.05) is 4.57 Å². The number of aliphatic hydroxyl groups excluding tert-OH is 1. The molecular formula is C13H18N6O9P2. The first kappa shape index (κ1) is 22.6. The molecule has 2 aromatic heterocycles. The normalized spacial score (nSPS) is 25.2. The third kappa shape index (κ3) is 5.14. The fourth-order valence-corrected chi connectivity index (χ4v) is 4.56. The molecule has 0 amide bonds. The molecule has 0 aliphatic carbocycles. The van der Waals surface area contributed by atoms with E-state index in [0.717, 1.165) is 0 Å². The van der Waals surface area contributed by atoms with E-state index in [4.69, 9.17) is 20.1 Å². The molecule has 0 radical (unpaired) electrons. The average Bonchev–Trinajstić information content (AvgIpc) is 3.23. The first-order valence-corrected chi connectivity index (χ1v) is 11.4. The molecule has 17 heteroatoms. The van der Waals surface area contributed by atoms with Crippen LogP contribution in [-0.4, -0.2) is 71.6 Å². The smallest absolute Gasteiger partial charge is 0.403 e. The van der Waals surface area contributed by atoms with Crippen molar-refractivity contribution in [2.45, 2.75) is 30.9 Å². The van der Waals surface area contributed by atoms with Crippen LogP contribution in [0.2, 0.25) is 0 Å². The number of nitrogens with one attached hydrogen (secondary N) is 1. The molecule has 0 saturated carbocycles. The zero-order valence-corrected chi connectivity index (χ0v) is 16.9. The first-order valence-electron chi connectivity index (χ1n) is 8.43. The lowest BCUT2D eigenvalue weighted by Crippen LogP contribution is -2.38.